The van der Waals surface area contributed by atoms with Gasteiger partial charge in [0.05, 0.1) is 32.2 Å². The van der Waals surface area contributed by atoms with E-state index in [9.17, 15) is 29.4 Å². The molecule has 2 amide bonds. The minimum absolute atomic E-state index is 0.128. The maximum absolute atomic E-state index is 12.1. The van der Waals surface area contributed by atoms with Gasteiger partial charge in [-0.3, -0.25) is 9.59 Å². The van der Waals surface area contributed by atoms with E-state index in [0.29, 0.717) is 25.7 Å². The van der Waals surface area contributed by atoms with Crippen LogP contribution in [-0.4, -0.2) is 82.0 Å². The third-order valence-corrected chi connectivity index (χ3v) is 7.94. The molecule has 224 valence electrons. The van der Waals surface area contributed by atoms with Crippen molar-refractivity contribution in [2.45, 2.75) is 102 Å². The largest absolute Gasteiger partial charge is 0.480 e. The normalized spacial score (nSPS) is 14.6. The molecule has 5 N–H and O–H groups in total. The Hall–Kier alpha value is -2.02. The smallest absolute Gasteiger partial charge is 0.328 e. The second-order valence-electron chi connectivity index (χ2n) is 9.01. The van der Waals surface area contributed by atoms with Gasteiger partial charge in [0.15, 0.2) is 0 Å². The lowest BCUT2D eigenvalue weighted by Gasteiger charge is -2.16. The van der Waals surface area contributed by atoms with Crippen molar-refractivity contribution in [1.29, 1.82) is 0 Å². The number of carbonyl (C=O) groups excluding carboxylic acids is 3. The Bertz CT molecular complexity index is 779. The van der Waals surface area contributed by atoms with Crippen molar-refractivity contribution < 1.29 is 39.2 Å². The summed E-state index contributed by atoms with van der Waals surface area (Å²) >= 11 is 0. The van der Waals surface area contributed by atoms with E-state index in [4.69, 9.17) is 9.84 Å². The van der Waals surface area contributed by atoms with E-state index in [1.165, 1.54) is 7.11 Å². The first-order valence-electron chi connectivity index (χ1n) is 13.5. The summed E-state index contributed by atoms with van der Waals surface area (Å²) in [6.45, 7) is 3.94. The Balaban J connectivity index is 4.04. The Morgan fingerprint density at radius 3 is 1.64 bits per heavy atom. The van der Waals surface area contributed by atoms with Crippen LogP contribution in [0.2, 0.25) is 0 Å². The SMILES string of the molecule is CCCC[C@@H](NC(=O)CC(O)/C=C/CCSSCC/C=C/C(O)CC(=O)N[C@H](CCCC)C(=O)OC)C(=O)O. The van der Waals surface area contributed by atoms with E-state index < -0.39 is 48.0 Å². The number of carboxylic acid groups (broad SMARTS) is 1. The molecule has 0 saturated carbocycles. The number of carbonyl (C=O) groups is 4. The summed E-state index contributed by atoms with van der Waals surface area (Å²) in [5, 5.41) is 34.3. The van der Waals surface area contributed by atoms with Gasteiger partial charge in [-0.2, -0.15) is 0 Å². The molecule has 0 heterocycles. The van der Waals surface area contributed by atoms with Crippen LogP contribution in [0.1, 0.15) is 78.1 Å². The van der Waals surface area contributed by atoms with E-state index in [0.717, 1.165) is 37.2 Å². The highest BCUT2D eigenvalue weighted by Gasteiger charge is 2.22. The Labute approximate surface area is 240 Å². The summed E-state index contributed by atoms with van der Waals surface area (Å²) in [5.74, 6) is -0.825. The fraction of sp³-hybridized carbons (Fsp3) is 0.704. The van der Waals surface area contributed by atoms with Crippen molar-refractivity contribution in [3.8, 4) is 0 Å². The number of ether oxygens (including phenoxy) is 1. The molecule has 0 spiro atoms. The Morgan fingerprint density at radius 1 is 0.795 bits per heavy atom. The molecule has 2 unspecified atom stereocenters. The summed E-state index contributed by atoms with van der Waals surface area (Å²) in [6.07, 6.45) is 10.0. The molecule has 0 bridgehead atoms. The van der Waals surface area contributed by atoms with Crippen molar-refractivity contribution in [2.75, 3.05) is 18.6 Å². The monoisotopic (exact) mass is 590 g/mol. The Kier molecular flexibility index (Phi) is 22.6. The fourth-order valence-corrected chi connectivity index (χ4v) is 5.33. The zero-order valence-corrected chi connectivity index (χ0v) is 24.9. The number of aliphatic hydroxyl groups excluding tert-OH is 2. The number of aliphatic carboxylic acids is 1. The van der Waals surface area contributed by atoms with Crippen molar-refractivity contribution in [3.05, 3.63) is 24.3 Å². The highest BCUT2D eigenvalue weighted by atomic mass is 33.1. The molecule has 0 radical (unpaired) electrons. The molecule has 12 heteroatoms. The number of hydrogen-bond acceptors (Lipinski definition) is 9. The van der Waals surface area contributed by atoms with Crippen LogP contribution in [0.4, 0.5) is 0 Å². The molecule has 0 aromatic heterocycles. The first-order chi connectivity index (χ1) is 18.6. The van der Waals surface area contributed by atoms with E-state index in [-0.39, 0.29) is 12.8 Å². The van der Waals surface area contributed by atoms with Crippen molar-refractivity contribution in [1.82, 2.24) is 10.6 Å². The molecule has 0 aliphatic rings. The van der Waals surface area contributed by atoms with Gasteiger partial charge in [-0.05, 0) is 25.7 Å². The van der Waals surface area contributed by atoms with Crippen LogP contribution in [0, 0.1) is 0 Å². The number of carboxylic acids is 1. The number of esters is 1. The Morgan fingerprint density at radius 2 is 1.23 bits per heavy atom. The lowest BCUT2D eigenvalue weighted by Crippen LogP contribution is -2.42. The predicted molar refractivity (Wildman–Crippen MR) is 156 cm³/mol. The number of rotatable bonds is 23. The minimum Gasteiger partial charge on any atom is -0.480 e. The van der Waals surface area contributed by atoms with Crippen LogP contribution in [-0.2, 0) is 23.9 Å². The molecule has 0 fully saturated rings. The molecule has 4 atom stereocenters. The van der Waals surface area contributed by atoms with Crippen molar-refractivity contribution >= 4 is 45.3 Å². The maximum atomic E-state index is 12.1. The van der Waals surface area contributed by atoms with Gasteiger partial charge in [0.1, 0.15) is 12.1 Å². The topological polar surface area (TPSA) is 162 Å². The number of nitrogens with one attached hydrogen (secondary N) is 2. The summed E-state index contributed by atoms with van der Waals surface area (Å²) in [4.78, 5) is 47.1. The summed E-state index contributed by atoms with van der Waals surface area (Å²) in [5.41, 5.74) is 0. The second-order valence-corrected chi connectivity index (χ2v) is 11.7. The lowest BCUT2D eigenvalue weighted by molar-refractivity contribution is -0.145. The van der Waals surface area contributed by atoms with Crippen molar-refractivity contribution in [3.63, 3.8) is 0 Å². The first kappa shape index (κ1) is 37.0. The van der Waals surface area contributed by atoms with Crippen LogP contribution in [0.15, 0.2) is 24.3 Å². The molecule has 0 aliphatic heterocycles. The lowest BCUT2D eigenvalue weighted by atomic mass is 10.1. The maximum Gasteiger partial charge on any atom is 0.328 e. The number of hydrogen-bond donors (Lipinski definition) is 5. The third-order valence-electron chi connectivity index (χ3n) is 5.47. The molecule has 0 aromatic rings. The van der Waals surface area contributed by atoms with E-state index in [1.807, 2.05) is 19.9 Å². The highest BCUT2D eigenvalue weighted by Crippen LogP contribution is 2.23. The predicted octanol–water partition coefficient (Wildman–Crippen LogP) is 3.37. The molecule has 0 rings (SSSR count). The van der Waals surface area contributed by atoms with E-state index in [2.05, 4.69) is 10.6 Å². The average molecular weight is 591 g/mol. The van der Waals surface area contributed by atoms with Gasteiger partial charge in [-0.1, -0.05) is 85.4 Å². The van der Waals surface area contributed by atoms with Crippen molar-refractivity contribution in [2.24, 2.45) is 0 Å². The van der Waals surface area contributed by atoms with Gasteiger partial charge in [0.25, 0.3) is 0 Å². The number of aliphatic hydroxyl groups is 2. The summed E-state index contributed by atoms with van der Waals surface area (Å²) < 4.78 is 4.72. The number of allylic oxidation sites excluding steroid dienone is 2. The van der Waals surface area contributed by atoms with Crippen LogP contribution < -0.4 is 10.6 Å². The number of amides is 2. The quantitative estimate of drug-likeness (QED) is 0.0516. The molecule has 10 nitrogen and oxygen atoms in total. The minimum atomic E-state index is -1.07. The summed E-state index contributed by atoms with van der Waals surface area (Å²) in [6, 6.07) is -1.63. The average Bonchev–Trinajstić information content (AvgIpc) is 2.89. The molecule has 0 aliphatic carbocycles. The molecular weight excluding hydrogens is 544 g/mol. The van der Waals surface area contributed by atoms with Crippen LogP contribution in [0.25, 0.3) is 0 Å². The van der Waals surface area contributed by atoms with Crippen LogP contribution >= 0.6 is 21.6 Å². The van der Waals surface area contributed by atoms with E-state index in [1.54, 1.807) is 39.8 Å². The fourth-order valence-electron chi connectivity index (χ4n) is 3.34. The van der Waals surface area contributed by atoms with E-state index >= 15 is 0 Å². The highest BCUT2D eigenvalue weighted by molar-refractivity contribution is 8.76. The standard InChI is InChI=1S/C27H46N2O8S2/c1-4-6-14-22(26(34)35)28-24(32)18-20(30)12-8-10-16-38-39-17-11-9-13-21(31)19-25(33)29-23(15-7-5-2)27(36)37-3/h8-9,12-13,20-23,30-31H,4-7,10-11,14-19H2,1-3H3,(H,28,32)(H,29,33)(H,34,35)/b12-8+,13-9+/t20?,21?,22-,23-/m1/s1. The molecule has 39 heavy (non-hydrogen) atoms. The van der Waals surface area contributed by atoms with Gasteiger partial charge in [-0.15, -0.1) is 0 Å². The van der Waals surface area contributed by atoms with Gasteiger partial charge < -0.3 is 30.7 Å². The van der Waals surface area contributed by atoms with Gasteiger partial charge >= 0.3 is 11.9 Å². The second kappa shape index (κ2) is 23.8. The zero-order valence-electron chi connectivity index (χ0n) is 23.3. The van der Waals surface area contributed by atoms with Gasteiger partial charge in [-0.25, -0.2) is 9.59 Å². The summed E-state index contributed by atoms with van der Waals surface area (Å²) in [7, 11) is 4.60. The third kappa shape index (κ3) is 20.5. The molecular formula is C27H46N2O8S2. The molecule has 0 aromatic carbocycles. The van der Waals surface area contributed by atoms with Gasteiger partial charge in [0.2, 0.25) is 11.8 Å². The van der Waals surface area contributed by atoms with Crippen LogP contribution in [0.5, 0.6) is 0 Å². The van der Waals surface area contributed by atoms with Gasteiger partial charge in [0, 0.05) is 11.5 Å². The zero-order chi connectivity index (χ0) is 29.5. The number of unbranched alkanes of at least 4 members (excludes halogenated alkanes) is 2. The molecule has 0 saturated heterocycles. The first-order valence-corrected chi connectivity index (χ1v) is 16.0. The van der Waals surface area contributed by atoms with Crippen LogP contribution in [0.3, 0.4) is 0 Å². The number of methoxy groups -OCH3 is 1.